The van der Waals surface area contributed by atoms with Crippen molar-refractivity contribution in [2.24, 2.45) is 11.7 Å². The Morgan fingerprint density at radius 3 is 2.69 bits per heavy atom. The third-order valence-electron chi connectivity index (χ3n) is 3.34. The molecule has 0 radical (unpaired) electrons. The standard InChI is InChI=1S/C13H19NOS/c14-8-13(11-2-1-7-16-9-11)10-3-5-12(15)6-4-10/h3-6,11,13,15H,1-2,7-9,14H2. The highest BCUT2D eigenvalue weighted by Crippen LogP contribution is 2.34. The van der Waals surface area contributed by atoms with Crippen molar-refractivity contribution in [1.29, 1.82) is 0 Å². The van der Waals surface area contributed by atoms with Gasteiger partial charge in [0, 0.05) is 0 Å². The lowest BCUT2D eigenvalue weighted by Gasteiger charge is -2.29. The zero-order valence-electron chi connectivity index (χ0n) is 9.43. The van der Waals surface area contributed by atoms with E-state index in [2.05, 4.69) is 0 Å². The van der Waals surface area contributed by atoms with Gasteiger partial charge < -0.3 is 10.8 Å². The van der Waals surface area contributed by atoms with Crippen LogP contribution in [-0.4, -0.2) is 23.2 Å². The molecule has 3 N–H and O–H groups in total. The number of nitrogens with two attached hydrogens (primary N) is 1. The number of benzene rings is 1. The fourth-order valence-corrected chi connectivity index (χ4v) is 3.64. The van der Waals surface area contributed by atoms with E-state index in [1.165, 1.54) is 29.9 Å². The van der Waals surface area contributed by atoms with E-state index in [0.29, 0.717) is 24.1 Å². The highest BCUT2D eigenvalue weighted by atomic mass is 32.2. The predicted octanol–water partition coefficient (Wildman–Crippen LogP) is 2.58. The van der Waals surface area contributed by atoms with Gasteiger partial charge in [0.25, 0.3) is 0 Å². The summed E-state index contributed by atoms with van der Waals surface area (Å²) in [6, 6.07) is 7.53. The van der Waals surface area contributed by atoms with E-state index in [1.54, 1.807) is 12.1 Å². The molecule has 1 aliphatic rings. The van der Waals surface area contributed by atoms with Crippen LogP contribution in [0.25, 0.3) is 0 Å². The predicted molar refractivity (Wildman–Crippen MR) is 70.0 cm³/mol. The Balaban J connectivity index is 2.11. The first-order valence-electron chi connectivity index (χ1n) is 5.88. The monoisotopic (exact) mass is 237 g/mol. The molecule has 2 rings (SSSR count). The van der Waals surface area contributed by atoms with Gasteiger partial charge in [0.2, 0.25) is 0 Å². The van der Waals surface area contributed by atoms with Gasteiger partial charge in [0.05, 0.1) is 0 Å². The summed E-state index contributed by atoms with van der Waals surface area (Å²) in [5.74, 6) is 4.01. The zero-order chi connectivity index (χ0) is 11.4. The summed E-state index contributed by atoms with van der Waals surface area (Å²) in [6.07, 6.45) is 2.60. The lowest BCUT2D eigenvalue weighted by Crippen LogP contribution is -2.25. The van der Waals surface area contributed by atoms with Crippen molar-refractivity contribution >= 4 is 11.8 Å². The van der Waals surface area contributed by atoms with Crippen molar-refractivity contribution < 1.29 is 5.11 Å². The summed E-state index contributed by atoms with van der Waals surface area (Å²) in [4.78, 5) is 0. The van der Waals surface area contributed by atoms with Gasteiger partial charge in [0.15, 0.2) is 0 Å². The Morgan fingerprint density at radius 1 is 1.38 bits per heavy atom. The zero-order valence-corrected chi connectivity index (χ0v) is 10.2. The van der Waals surface area contributed by atoms with Crippen LogP contribution in [0.2, 0.25) is 0 Å². The van der Waals surface area contributed by atoms with Gasteiger partial charge in [-0.2, -0.15) is 11.8 Å². The number of phenols is 1. The molecule has 0 saturated carbocycles. The van der Waals surface area contributed by atoms with Gasteiger partial charge in [-0.3, -0.25) is 0 Å². The van der Waals surface area contributed by atoms with E-state index in [-0.39, 0.29) is 0 Å². The van der Waals surface area contributed by atoms with Crippen molar-refractivity contribution in [2.45, 2.75) is 18.8 Å². The highest BCUT2D eigenvalue weighted by Gasteiger charge is 2.24. The second kappa shape index (κ2) is 5.60. The minimum absolute atomic E-state index is 0.331. The maximum absolute atomic E-state index is 9.29. The van der Waals surface area contributed by atoms with Crippen molar-refractivity contribution in [3.8, 4) is 5.75 Å². The molecule has 0 amide bonds. The first-order valence-corrected chi connectivity index (χ1v) is 7.03. The lowest BCUT2D eigenvalue weighted by molar-refractivity contribution is 0.429. The van der Waals surface area contributed by atoms with Crippen molar-refractivity contribution in [3.63, 3.8) is 0 Å². The van der Waals surface area contributed by atoms with Crippen LogP contribution in [0.4, 0.5) is 0 Å². The van der Waals surface area contributed by atoms with Crippen LogP contribution in [0.5, 0.6) is 5.75 Å². The summed E-state index contributed by atoms with van der Waals surface area (Å²) in [6.45, 7) is 0.704. The quantitative estimate of drug-likeness (QED) is 0.849. The molecule has 16 heavy (non-hydrogen) atoms. The van der Waals surface area contributed by atoms with Crippen LogP contribution >= 0.6 is 11.8 Å². The van der Waals surface area contributed by atoms with Gasteiger partial charge in [-0.15, -0.1) is 0 Å². The maximum Gasteiger partial charge on any atom is 0.115 e. The molecule has 1 saturated heterocycles. The second-order valence-electron chi connectivity index (χ2n) is 4.41. The molecule has 1 aliphatic heterocycles. The Labute approximate surface area is 101 Å². The number of aromatic hydroxyl groups is 1. The van der Waals surface area contributed by atoms with Gasteiger partial charge >= 0.3 is 0 Å². The Hall–Kier alpha value is -0.670. The highest BCUT2D eigenvalue weighted by molar-refractivity contribution is 7.99. The SMILES string of the molecule is NCC(c1ccc(O)cc1)C1CCCSC1. The Kier molecular flexibility index (Phi) is 4.13. The fraction of sp³-hybridized carbons (Fsp3) is 0.538. The number of hydrogen-bond donors (Lipinski definition) is 2. The number of phenolic OH excluding ortho intramolecular Hbond substituents is 1. The Bertz CT molecular complexity index is 319. The van der Waals surface area contributed by atoms with Gasteiger partial charge in [-0.25, -0.2) is 0 Å². The molecular formula is C13H19NOS. The van der Waals surface area contributed by atoms with Crippen molar-refractivity contribution in [1.82, 2.24) is 0 Å². The van der Waals surface area contributed by atoms with Gasteiger partial charge in [-0.05, 0) is 60.4 Å². The summed E-state index contributed by atoms with van der Waals surface area (Å²) in [5.41, 5.74) is 7.17. The van der Waals surface area contributed by atoms with Crippen LogP contribution in [0, 0.1) is 5.92 Å². The molecule has 1 fully saturated rings. The first-order chi connectivity index (χ1) is 7.81. The van der Waals surface area contributed by atoms with Crippen LogP contribution in [0.1, 0.15) is 24.3 Å². The number of thioether (sulfide) groups is 1. The third-order valence-corrected chi connectivity index (χ3v) is 4.58. The Morgan fingerprint density at radius 2 is 2.12 bits per heavy atom. The van der Waals surface area contributed by atoms with E-state index in [1.807, 2.05) is 23.9 Å². The molecule has 2 nitrogen and oxygen atoms in total. The minimum Gasteiger partial charge on any atom is -0.508 e. The molecule has 2 atom stereocenters. The topological polar surface area (TPSA) is 46.2 Å². The van der Waals surface area contributed by atoms with Crippen LogP contribution in [-0.2, 0) is 0 Å². The van der Waals surface area contributed by atoms with Crippen LogP contribution < -0.4 is 5.73 Å². The summed E-state index contributed by atoms with van der Waals surface area (Å²) in [7, 11) is 0. The number of hydrogen-bond acceptors (Lipinski definition) is 3. The van der Waals surface area contributed by atoms with Crippen molar-refractivity contribution in [3.05, 3.63) is 29.8 Å². The normalized spacial score (nSPS) is 22.9. The molecule has 1 aromatic carbocycles. The average Bonchev–Trinajstić information content (AvgIpc) is 2.34. The third kappa shape index (κ3) is 2.71. The summed E-state index contributed by atoms with van der Waals surface area (Å²) >= 11 is 2.04. The van der Waals surface area contributed by atoms with E-state index in [4.69, 9.17) is 5.73 Å². The van der Waals surface area contributed by atoms with Crippen LogP contribution in [0.3, 0.4) is 0 Å². The molecule has 0 aromatic heterocycles. The maximum atomic E-state index is 9.29. The average molecular weight is 237 g/mol. The summed E-state index contributed by atoms with van der Waals surface area (Å²) in [5, 5.41) is 9.29. The van der Waals surface area contributed by atoms with E-state index in [9.17, 15) is 5.11 Å². The van der Waals surface area contributed by atoms with Gasteiger partial charge in [0.1, 0.15) is 5.75 Å². The first kappa shape index (κ1) is 11.8. The molecular weight excluding hydrogens is 218 g/mol. The van der Waals surface area contributed by atoms with E-state index < -0.39 is 0 Å². The smallest absolute Gasteiger partial charge is 0.115 e. The molecule has 0 aliphatic carbocycles. The summed E-state index contributed by atoms with van der Waals surface area (Å²) < 4.78 is 0. The number of rotatable bonds is 3. The molecule has 0 spiro atoms. The minimum atomic E-state index is 0.331. The largest absolute Gasteiger partial charge is 0.508 e. The fourth-order valence-electron chi connectivity index (χ4n) is 2.41. The van der Waals surface area contributed by atoms with Crippen molar-refractivity contribution in [2.75, 3.05) is 18.1 Å². The second-order valence-corrected chi connectivity index (χ2v) is 5.56. The van der Waals surface area contributed by atoms with E-state index >= 15 is 0 Å². The van der Waals surface area contributed by atoms with E-state index in [0.717, 1.165) is 0 Å². The lowest BCUT2D eigenvalue weighted by atomic mass is 9.84. The molecule has 1 aromatic rings. The van der Waals surface area contributed by atoms with Gasteiger partial charge in [-0.1, -0.05) is 12.1 Å². The molecule has 2 unspecified atom stereocenters. The molecule has 0 bridgehead atoms. The molecule has 88 valence electrons. The molecule has 3 heteroatoms. The molecule has 1 heterocycles. The van der Waals surface area contributed by atoms with Crippen LogP contribution in [0.15, 0.2) is 24.3 Å².